The number of ether oxygens (including phenoxy) is 1. The van der Waals surface area contributed by atoms with E-state index in [4.69, 9.17) is 4.74 Å². The van der Waals surface area contributed by atoms with E-state index in [2.05, 4.69) is 9.88 Å². The molecule has 0 bridgehead atoms. The van der Waals surface area contributed by atoms with E-state index in [0.717, 1.165) is 29.2 Å². The monoisotopic (exact) mass is 389 g/mol. The highest BCUT2D eigenvalue weighted by Gasteiger charge is 2.29. The van der Waals surface area contributed by atoms with Gasteiger partial charge in [-0.15, -0.1) is 0 Å². The van der Waals surface area contributed by atoms with Crippen LogP contribution in [0, 0.1) is 5.92 Å². The van der Waals surface area contributed by atoms with Gasteiger partial charge in [-0.1, -0.05) is 18.2 Å². The highest BCUT2D eigenvalue weighted by molar-refractivity contribution is 7.89. The summed E-state index contributed by atoms with van der Waals surface area (Å²) < 4.78 is 33.5. The fourth-order valence-electron chi connectivity index (χ4n) is 3.59. The first-order chi connectivity index (χ1) is 12.9. The molecule has 0 unspecified atom stereocenters. The molecule has 4 rings (SSSR count). The van der Waals surface area contributed by atoms with Gasteiger partial charge >= 0.3 is 0 Å². The van der Waals surface area contributed by atoms with Gasteiger partial charge in [-0.05, 0) is 30.9 Å². The summed E-state index contributed by atoms with van der Waals surface area (Å²) in [5.41, 5.74) is 2.49. The van der Waals surface area contributed by atoms with Crippen LogP contribution in [0.15, 0.2) is 30.3 Å². The van der Waals surface area contributed by atoms with Crippen molar-refractivity contribution in [3.8, 4) is 0 Å². The molecule has 0 spiro atoms. The minimum absolute atomic E-state index is 0.133. The van der Waals surface area contributed by atoms with Gasteiger partial charge in [0.2, 0.25) is 10.0 Å². The molecule has 2 heterocycles. The van der Waals surface area contributed by atoms with Crippen LogP contribution in [0.4, 0.5) is 0 Å². The van der Waals surface area contributed by atoms with E-state index in [0.29, 0.717) is 24.6 Å². The van der Waals surface area contributed by atoms with Crippen LogP contribution >= 0.6 is 0 Å². The number of fused-ring (bicyclic) bond motifs is 3. The highest BCUT2D eigenvalue weighted by Crippen LogP contribution is 2.37. The topological polar surface area (TPSA) is 82.3 Å². The van der Waals surface area contributed by atoms with Crippen molar-refractivity contribution in [3.05, 3.63) is 36.0 Å². The Balaban J connectivity index is 1.95. The Morgan fingerprint density at radius 1 is 1.26 bits per heavy atom. The van der Waals surface area contributed by atoms with Crippen LogP contribution in [-0.2, 0) is 21.3 Å². The number of amides is 1. The van der Waals surface area contributed by atoms with Crippen LogP contribution in [0.3, 0.4) is 0 Å². The number of methoxy groups -OCH3 is 1. The highest BCUT2D eigenvalue weighted by atomic mass is 32.2. The van der Waals surface area contributed by atoms with Gasteiger partial charge in [0.05, 0.1) is 29.4 Å². The predicted octanol–water partition coefficient (Wildman–Crippen LogP) is 2.19. The number of hydrogen-bond acceptors (Lipinski definition) is 4. The molecule has 1 aliphatic carbocycles. The lowest BCUT2D eigenvalue weighted by Gasteiger charge is -2.09. The Hall–Kier alpha value is -2.32. The first-order valence-corrected chi connectivity index (χ1v) is 10.9. The van der Waals surface area contributed by atoms with Gasteiger partial charge in [-0.25, -0.2) is 12.4 Å². The number of hydrogen-bond donors (Lipinski definition) is 1. The molecule has 0 radical (unpaired) electrons. The van der Waals surface area contributed by atoms with Crippen molar-refractivity contribution >= 4 is 37.9 Å². The Morgan fingerprint density at radius 3 is 2.67 bits per heavy atom. The molecular weight excluding hydrogens is 366 g/mol. The van der Waals surface area contributed by atoms with Crippen LogP contribution in [-0.4, -0.2) is 49.4 Å². The van der Waals surface area contributed by atoms with Crippen molar-refractivity contribution in [2.24, 2.45) is 5.92 Å². The standard InChI is InChI=1S/C19H23N3O4S/c1-26-10-9-20-19(23)17-11-16-18(22(17)27(2,24)25)14-5-3-4-6-15(14)21(16)12-13-7-8-13/h3-6,11,13H,7-10,12H2,1-2H3,(H,20,23). The summed E-state index contributed by atoms with van der Waals surface area (Å²) in [7, 11) is -2.12. The van der Waals surface area contributed by atoms with Crippen LogP contribution in [0.1, 0.15) is 23.3 Å². The van der Waals surface area contributed by atoms with Gasteiger partial charge < -0.3 is 14.6 Å². The maximum atomic E-state index is 12.7. The van der Waals surface area contributed by atoms with Crippen LogP contribution in [0.5, 0.6) is 0 Å². The molecule has 27 heavy (non-hydrogen) atoms. The number of nitrogens with one attached hydrogen (secondary N) is 1. The zero-order chi connectivity index (χ0) is 19.2. The average Bonchev–Trinajstić information content (AvgIpc) is 3.27. The normalized spacial score (nSPS) is 14.9. The van der Waals surface area contributed by atoms with E-state index in [9.17, 15) is 13.2 Å². The number of benzene rings is 1. The molecule has 1 amide bonds. The molecule has 2 aromatic heterocycles. The first-order valence-electron chi connectivity index (χ1n) is 9.02. The second kappa shape index (κ2) is 6.69. The molecule has 1 N–H and O–H groups in total. The smallest absolute Gasteiger partial charge is 0.269 e. The SMILES string of the molecule is COCCNC(=O)c1cc2c(c3ccccc3n2CC2CC2)n1S(C)(=O)=O. The van der Waals surface area contributed by atoms with Crippen molar-refractivity contribution in [1.29, 1.82) is 0 Å². The fraction of sp³-hybridized carbons (Fsp3) is 0.421. The summed E-state index contributed by atoms with van der Waals surface area (Å²) in [5, 5.41) is 3.57. The Morgan fingerprint density at radius 2 is 2.00 bits per heavy atom. The van der Waals surface area contributed by atoms with Crippen molar-refractivity contribution in [2.75, 3.05) is 26.5 Å². The number of rotatable bonds is 7. The number of para-hydroxylation sites is 1. The second-order valence-electron chi connectivity index (χ2n) is 7.11. The molecule has 144 valence electrons. The van der Waals surface area contributed by atoms with Gasteiger partial charge in [-0.3, -0.25) is 4.79 Å². The first kappa shape index (κ1) is 18.1. The largest absolute Gasteiger partial charge is 0.383 e. The molecule has 0 saturated heterocycles. The molecule has 8 heteroatoms. The van der Waals surface area contributed by atoms with Gasteiger partial charge in [0, 0.05) is 25.6 Å². The van der Waals surface area contributed by atoms with Crippen LogP contribution < -0.4 is 5.32 Å². The lowest BCUT2D eigenvalue weighted by atomic mass is 10.2. The van der Waals surface area contributed by atoms with Crippen molar-refractivity contribution in [3.63, 3.8) is 0 Å². The third-order valence-electron chi connectivity index (χ3n) is 4.97. The Labute approximate surface area is 157 Å². The zero-order valence-corrected chi connectivity index (χ0v) is 16.3. The molecular formula is C19H23N3O4S. The van der Waals surface area contributed by atoms with E-state index in [-0.39, 0.29) is 5.69 Å². The number of carbonyl (C=O) groups excluding carboxylic acids is 1. The molecule has 1 fully saturated rings. The number of carbonyl (C=O) groups is 1. The molecule has 1 saturated carbocycles. The third-order valence-corrected chi connectivity index (χ3v) is 6.01. The minimum Gasteiger partial charge on any atom is -0.383 e. The van der Waals surface area contributed by atoms with E-state index >= 15 is 0 Å². The maximum absolute atomic E-state index is 12.7. The van der Waals surface area contributed by atoms with Crippen molar-refractivity contribution in [1.82, 2.24) is 13.9 Å². The Bertz CT molecular complexity index is 1120. The van der Waals surface area contributed by atoms with Crippen LogP contribution in [0.2, 0.25) is 0 Å². The quantitative estimate of drug-likeness (QED) is 0.628. The van der Waals surface area contributed by atoms with Crippen molar-refractivity contribution < 1.29 is 17.9 Å². The molecule has 3 aromatic rings. The molecule has 0 aliphatic heterocycles. The number of aromatic nitrogens is 2. The van der Waals surface area contributed by atoms with E-state index in [1.807, 2.05) is 24.3 Å². The zero-order valence-electron chi connectivity index (χ0n) is 15.4. The summed E-state index contributed by atoms with van der Waals surface area (Å²) >= 11 is 0. The predicted molar refractivity (Wildman–Crippen MR) is 105 cm³/mol. The van der Waals surface area contributed by atoms with Gasteiger partial charge in [-0.2, -0.15) is 0 Å². The van der Waals surface area contributed by atoms with E-state index < -0.39 is 15.9 Å². The fourth-order valence-corrected chi connectivity index (χ4v) is 4.60. The third kappa shape index (κ3) is 3.23. The summed E-state index contributed by atoms with van der Waals surface area (Å²) in [5.74, 6) is 0.195. The minimum atomic E-state index is -3.67. The lowest BCUT2D eigenvalue weighted by molar-refractivity contribution is 0.0931. The second-order valence-corrected chi connectivity index (χ2v) is 8.94. The lowest BCUT2D eigenvalue weighted by Crippen LogP contribution is -2.30. The maximum Gasteiger partial charge on any atom is 0.269 e. The van der Waals surface area contributed by atoms with Crippen LogP contribution in [0.25, 0.3) is 21.9 Å². The molecule has 0 atom stereocenters. The average molecular weight is 389 g/mol. The van der Waals surface area contributed by atoms with Gasteiger partial charge in [0.15, 0.2) is 0 Å². The number of nitrogens with zero attached hydrogens (tertiary/aromatic N) is 2. The molecule has 1 aromatic carbocycles. The summed E-state index contributed by atoms with van der Waals surface area (Å²) in [6.07, 6.45) is 3.50. The van der Waals surface area contributed by atoms with Crippen molar-refractivity contribution in [2.45, 2.75) is 19.4 Å². The molecule has 7 nitrogen and oxygen atoms in total. The van der Waals surface area contributed by atoms with E-state index in [1.165, 1.54) is 16.8 Å². The van der Waals surface area contributed by atoms with E-state index in [1.54, 1.807) is 13.2 Å². The van der Waals surface area contributed by atoms with Gasteiger partial charge in [0.25, 0.3) is 5.91 Å². The van der Waals surface area contributed by atoms with Gasteiger partial charge in [0.1, 0.15) is 5.69 Å². The summed E-state index contributed by atoms with van der Waals surface area (Å²) in [4.78, 5) is 12.7. The summed E-state index contributed by atoms with van der Waals surface area (Å²) in [6, 6.07) is 9.45. The molecule has 1 aliphatic rings. The Kier molecular flexibility index (Phi) is 4.47. The summed E-state index contributed by atoms with van der Waals surface area (Å²) in [6.45, 7) is 1.52.